The average molecular weight is 398 g/mol. The Kier molecular flexibility index (Phi) is 6.55. The number of nitrogens with one attached hydrogen (secondary N) is 3. The lowest BCUT2D eigenvalue weighted by molar-refractivity contribution is 0.0930. The summed E-state index contributed by atoms with van der Waals surface area (Å²) < 4.78 is 3.76. The van der Waals surface area contributed by atoms with Crippen LogP contribution >= 0.6 is 11.5 Å². The van der Waals surface area contributed by atoms with E-state index in [0.29, 0.717) is 18.2 Å². The van der Waals surface area contributed by atoms with Gasteiger partial charge in [0.2, 0.25) is 5.96 Å². The number of guanidine groups is 1. The van der Waals surface area contributed by atoms with E-state index in [9.17, 15) is 4.79 Å². The molecule has 1 aliphatic carbocycles. The smallest absolute Gasteiger partial charge is 0.272 e. The number of aromatic nitrogens is 2. The van der Waals surface area contributed by atoms with Crippen molar-refractivity contribution in [3.05, 3.63) is 47.0 Å². The van der Waals surface area contributed by atoms with Crippen molar-refractivity contribution in [3.8, 4) is 6.19 Å². The zero-order chi connectivity index (χ0) is 19.8. The van der Waals surface area contributed by atoms with Crippen LogP contribution in [0, 0.1) is 11.5 Å². The van der Waals surface area contributed by atoms with Gasteiger partial charge >= 0.3 is 0 Å². The van der Waals surface area contributed by atoms with Gasteiger partial charge in [-0.3, -0.25) is 15.1 Å². The number of aliphatic imine (C=N–C) groups is 1. The van der Waals surface area contributed by atoms with Crippen molar-refractivity contribution in [2.24, 2.45) is 4.99 Å². The highest BCUT2D eigenvalue weighted by atomic mass is 32.1. The van der Waals surface area contributed by atoms with Crippen molar-refractivity contribution in [2.45, 2.75) is 37.1 Å². The fraction of sp³-hybridized carbons (Fsp3) is 0.421. The van der Waals surface area contributed by atoms with Gasteiger partial charge in [0.1, 0.15) is 0 Å². The van der Waals surface area contributed by atoms with E-state index >= 15 is 0 Å². The van der Waals surface area contributed by atoms with Gasteiger partial charge in [0, 0.05) is 30.4 Å². The Morgan fingerprint density at radius 2 is 2.11 bits per heavy atom. The molecule has 1 heterocycles. The number of nitrogens with zero attached hydrogens (tertiary/aromatic N) is 4. The second-order valence-electron chi connectivity index (χ2n) is 6.85. The number of carbonyl (C=O) groups excluding carboxylic acids is 1. The normalized spacial score (nSPS) is 22.1. The Balaban J connectivity index is 1.69. The SMILES string of the molecule is CN=C(NC#N)NC1CCC(CNC(=O)c2csnn2)(c2ccccc2)CC1. The molecule has 1 aromatic heterocycles. The second kappa shape index (κ2) is 9.28. The molecule has 3 rings (SSSR count). The van der Waals surface area contributed by atoms with Gasteiger partial charge in [-0.25, -0.2) is 0 Å². The van der Waals surface area contributed by atoms with E-state index in [1.165, 1.54) is 17.1 Å². The van der Waals surface area contributed by atoms with Gasteiger partial charge in [-0.2, -0.15) is 5.26 Å². The largest absolute Gasteiger partial charge is 0.353 e. The van der Waals surface area contributed by atoms with Crippen LogP contribution in [0.2, 0.25) is 0 Å². The lowest BCUT2D eigenvalue weighted by Gasteiger charge is -2.41. The Morgan fingerprint density at radius 1 is 1.36 bits per heavy atom. The molecule has 1 aliphatic rings. The minimum Gasteiger partial charge on any atom is -0.353 e. The minimum atomic E-state index is -0.192. The zero-order valence-corrected chi connectivity index (χ0v) is 16.5. The Morgan fingerprint density at radius 3 is 2.71 bits per heavy atom. The molecule has 28 heavy (non-hydrogen) atoms. The van der Waals surface area contributed by atoms with E-state index in [1.54, 1.807) is 12.4 Å². The van der Waals surface area contributed by atoms with E-state index in [4.69, 9.17) is 5.26 Å². The van der Waals surface area contributed by atoms with Crippen molar-refractivity contribution in [1.29, 1.82) is 5.26 Å². The molecule has 1 fully saturated rings. The second-order valence-corrected chi connectivity index (χ2v) is 7.46. The van der Waals surface area contributed by atoms with Crippen LogP contribution in [0.15, 0.2) is 40.7 Å². The van der Waals surface area contributed by atoms with E-state index in [-0.39, 0.29) is 17.4 Å². The first-order chi connectivity index (χ1) is 13.7. The summed E-state index contributed by atoms with van der Waals surface area (Å²) in [5.74, 6) is 0.298. The van der Waals surface area contributed by atoms with Crippen molar-refractivity contribution < 1.29 is 4.79 Å². The highest BCUT2D eigenvalue weighted by Gasteiger charge is 2.37. The summed E-state index contributed by atoms with van der Waals surface area (Å²) in [5, 5.41) is 23.2. The first-order valence-corrected chi connectivity index (χ1v) is 10.00. The fourth-order valence-electron chi connectivity index (χ4n) is 3.68. The van der Waals surface area contributed by atoms with Gasteiger partial charge < -0.3 is 10.6 Å². The third-order valence-electron chi connectivity index (χ3n) is 5.25. The van der Waals surface area contributed by atoms with Gasteiger partial charge in [-0.05, 0) is 42.8 Å². The fourth-order valence-corrected chi connectivity index (χ4v) is 4.12. The van der Waals surface area contributed by atoms with Crippen molar-refractivity contribution in [1.82, 2.24) is 25.5 Å². The quantitative estimate of drug-likeness (QED) is 0.307. The number of carbonyl (C=O) groups is 1. The summed E-state index contributed by atoms with van der Waals surface area (Å²) in [6.45, 7) is 0.547. The van der Waals surface area contributed by atoms with Crippen LogP contribution in [0.4, 0.5) is 0 Å². The number of amides is 1. The van der Waals surface area contributed by atoms with Crippen LogP contribution in [-0.4, -0.2) is 41.1 Å². The van der Waals surface area contributed by atoms with Crippen molar-refractivity contribution in [2.75, 3.05) is 13.6 Å². The topological polar surface area (TPSA) is 115 Å². The highest BCUT2D eigenvalue weighted by molar-refractivity contribution is 7.03. The summed E-state index contributed by atoms with van der Waals surface area (Å²) >= 11 is 1.17. The molecule has 1 amide bonds. The Hall–Kier alpha value is -2.99. The number of hydrogen-bond acceptors (Lipinski definition) is 6. The Labute approximate surface area is 168 Å². The predicted octanol–water partition coefficient (Wildman–Crippen LogP) is 1.79. The standard InChI is InChI=1S/C19H23N7OS/c1-21-18(23-13-20)24-15-7-9-19(10-8-15,14-5-3-2-4-6-14)12-22-17(27)16-11-28-26-25-16/h2-6,11,15H,7-10,12H2,1H3,(H,22,27)(H2,21,23,24). The molecule has 0 spiro atoms. The first kappa shape index (κ1) is 19.8. The molecule has 1 aromatic carbocycles. The summed E-state index contributed by atoms with van der Waals surface area (Å²) in [7, 11) is 1.65. The predicted molar refractivity (Wildman–Crippen MR) is 108 cm³/mol. The van der Waals surface area contributed by atoms with E-state index in [0.717, 1.165) is 25.7 Å². The summed E-state index contributed by atoms with van der Waals surface area (Å²) in [4.78, 5) is 16.4. The van der Waals surface area contributed by atoms with Crippen molar-refractivity contribution >= 4 is 23.4 Å². The molecule has 0 atom stereocenters. The maximum atomic E-state index is 12.4. The molecular weight excluding hydrogens is 374 g/mol. The molecule has 0 radical (unpaired) electrons. The van der Waals surface area contributed by atoms with Crippen LogP contribution in [0.5, 0.6) is 0 Å². The lowest BCUT2D eigenvalue weighted by Crippen LogP contribution is -2.49. The minimum absolute atomic E-state index is 0.134. The number of benzene rings is 1. The molecule has 9 heteroatoms. The molecule has 0 aliphatic heterocycles. The van der Waals surface area contributed by atoms with Crippen LogP contribution in [-0.2, 0) is 5.41 Å². The van der Waals surface area contributed by atoms with Gasteiger partial charge in [0.15, 0.2) is 11.9 Å². The summed E-state index contributed by atoms with van der Waals surface area (Å²) in [6.07, 6.45) is 5.54. The molecular formula is C19H23N7OS. The molecule has 146 valence electrons. The molecule has 0 bridgehead atoms. The van der Waals surface area contributed by atoms with E-state index in [2.05, 4.69) is 42.7 Å². The van der Waals surface area contributed by atoms with Crippen LogP contribution in [0.3, 0.4) is 0 Å². The average Bonchev–Trinajstić information content (AvgIpc) is 3.28. The molecule has 3 N–H and O–H groups in total. The van der Waals surface area contributed by atoms with Crippen LogP contribution in [0.25, 0.3) is 0 Å². The van der Waals surface area contributed by atoms with Gasteiger partial charge in [-0.1, -0.05) is 34.8 Å². The molecule has 8 nitrogen and oxygen atoms in total. The molecule has 0 unspecified atom stereocenters. The van der Waals surface area contributed by atoms with E-state index in [1.807, 2.05) is 24.4 Å². The molecule has 1 saturated carbocycles. The third-order valence-corrected chi connectivity index (χ3v) is 5.75. The number of hydrogen-bond donors (Lipinski definition) is 3. The highest BCUT2D eigenvalue weighted by Crippen LogP contribution is 2.39. The Bertz CT molecular complexity index is 837. The number of rotatable bonds is 5. The maximum absolute atomic E-state index is 12.4. The third kappa shape index (κ3) is 4.64. The van der Waals surface area contributed by atoms with Crippen LogP contribution in [0.1, 0.15) is 41.7 Å². The zero-order valence-electron chi connectivity index (χ0n) is 15.7. The molecule has 2 aromatic rings. The van der Waals surface area contributed by atoms with Crippen LogP contribution < -0.4 is 16.0 Å². The lowest BCUT2D eigenvalue weighted by atomic mass is 9.68. The summed E-state index contributed by atoms with van der Waals surface area (Å²) in [6, 6.07) is 10.6. The summed E-state index contributed by atoms with van der Waals surface area (Å²) in [5.41, 5.74) is 1.45. The maximum Gasteiger partial charge on any atom is 0.272 e. The number of nitriles is 1. The monoisotopic (exact) mass is 397 g/mol. The van der Waals surface area contributed by atoms with Gasteiger partial charge in [-0.15, -0.1) is 5.10 Å². The van der Waals surface area contributed by atoms with Gasteiger partial charge in [0.25, 0.3) is 5.91 Å². The first-order valence-electron chi connectivity index (χ1n) is 9.16. The van der Waals surface area contributed by atoms with E-state index < -0.39 is 0 Å². The van der Waals surface area contributed by atoms with Gasteiger partial charge in [0.05, 0.1) is 0 Å². The van der Waals surface area contributed by atoms with Crippen molar-refractivity contribution in [3.63, 3.8) is 0 Å². The molecule has 0 saturated heterocycles.